The van der Waals surface area contributed by atoms with Crippen LogP contribution in [0.2, 0.25) is 0 Å². The van der Waals surface area contributed by atoms with Gasteiger partial charge in [0.2, 0.25) is 5.91 Å². The van der Waals surface area contributed by atoms with Gasteiger partial charge in [0.15, 0.2) is 5.82 Å². The summed E-state index contributed by atoms with van der Waals surface area (Å²) >= 11 is 1.17. The van der Waals surface area contributed by atoms with E-state index in [9.17, 15) is 13.6 Å². The highest BCUT2D eigenvalue weighted by atomic mass is 32.2. The van der Waals surface area contributed by atoms with Crippen molar-refractivity contribution in [2.24, 2.45) is 0 Å². The largest absolute Gasteiger partial charge is 0.495 e. The van der Waals surface area contributed by atoms with E-state index in [1.807, 2.05) is 24.3 Å². The Balaban J connectivity index is 1.28. The van der Waals surface area contributed by atoms with Gasteiger partial charge in [-0.05, 0) is 36.4 Å². The number of halogens is 2. The average Bonchev–Trinajstić information content (AvgIpc) is 2.85. The average molecular weight is 472 g/mol. The van der Waals surface area contributed by atoms with Crippen LogP contribution in [0.1, 0.15) is 0 Å². The van der Waals surface area contributed by atoms with Crippen molar-refractivity contribution in [1.29, 1.82) is 0 Å². The van der Waals surface area contributed by atoms with Crippen LogP contribution < -0.4 is 19.9 Å². The second-order valence-corrected chi connectivity index (χ2v) is 8.33. The first-order chi connectivity index (χ1) is 16.0. The third-order valence-corrected chi connectivity index (χ3v) is 6.13. The number of hydrogen-bond donors (Lipinski definition) is 1. The highest BCUT2D eigenvalue weighted by Crippen LogP contribution is 2.29. The Hall–Kier alpha value is -3.40. The molecule has 33 heavy (non-hydrogen) atoms. The zero-order valence-electron chi connectivity index (χ0n) is 18.0. The van der Waals surface area contributed by atoms with Crippen molar-refractivity contribution in [2.45, 2.75) is 5.03 Å². The van der Waals surface area contributed by atoms with Crippen molar-refractivity contribution < 1.29 is 18.3 Å². The van der Waals surface area contributed by atoms with Crippen LogP contribution in [0.25, 0.3) is 0 Å². The van der Waals surface area contributed by atoms with Gasteiger partial charge in [-0.2, -0.15) is 0 Å². The first-order valence-corrected chi connectivity index (χ1v) is 11.4. The van der Waals surface area contributed by atoms with E-state index < -0.39 is 17.5 Å². The summed E-state index contributed by atoms with van der Waals surface area (Å²) in [6.45, 7) is 3.24. The molecule has 0 aliphatic carbocycles. The molecule has 1 aliphatic heterocycles. The van der Waals surface area contributed by atoms with E-state index in [1.165, 1.54) is 11.8 Å². The number of hydrogen-bond acceptors (Lipinski definition) is 7. The molecule has 2 heterocycles. The zero-order chi connectivity index (χ0) is 23.2. The Kier molecular flexibility index (Phi) is 7.23. The molecule has 1 N–H and O–H groups in total. The molecule has 0 bridgehead atoms. The highest BCUT2D eigenvalue weighted by molar-refractivity contribution is 7.99. The van der Waals surface area contributed by atoms with E-state index >= 15 is 0 Å². The van der Waals surface area contributed by atoms with Crippen molar-refractivity contribution in [3.05, 3.63) is 66.2 Å². The minimum Gasteiger partial charge on any atom is -0.495 e. The minimum atomic E-state index is -0.690. The smallest absolute Gasteiger partial charge is 0.234 e. The second kappa shape index (κ2) is 10.5. The summed E-state index contributed by atoms with van der Waals surface area (Å²) < 4.78 is 32.3. The van der Waals surface area contributed by atoms with E-state index in [-0.39, 0.29) is 11.4 Å². The topological polar surface area (TPSA) is 70.6 Å². The monoisotopic (exact) mass is 471 g/mol. The number of carbonyl (C=O) groups excluding carboxylic acids is 1. The Morgan fingerprint density at radius 1 is 1.03 bits per heavy atom. The summed E-state index contributed by atoms with van der Waals surface area (Å²) in [6.07, 6.45) is 0. The van der Waals surface area contributed by atoms with Crippen LogP contribution in [0.3, 0.4) is 0 Å². The Labute approximate surface area is 194 Å². The van der Waals surface area contributed by atoms with Crippen LogP contribution in [0.15, 0.2) is 59.6 Å². The molecule has 0 radical (unpaired) electrons. The molecular weight excluding hydrogens is 448 g/mol. The zero-order valence-corrected chi connectivity index (χ0v) is 18.8. The molecule has 1 aliphatic rings. The number of amides is 1. The normalized spacial score (nSPS) is 13.7. The van der Waals surface area contributed by atoms with Crippen LogP contribution in [-0.4, -0.2) is 55.1 Å². The van der Waals surface area contributed by atoms with Gasteiger partial charge >= 0.3 is 0 Å². The van der Waals surface area contributed by atoms with Gasteiger partial charge in [-0.25, -0.2) is 8.78 Å². The molecule has 172 valence electrons. The van der Waals surface area contributed by atoms with E-state index in [1.54, 1.807) is 13.2 Å². The first kappa shape index (κ1) is 22.8. The Morgan fingerprint density at radius 3 is 2.52 bits per heavy atom. The molecule has 3 aromatic rings. The lowest BCUT2D eigenvalue weighted by atomic mass is 10.2. The SMILES string of the molecule is COc1ccccc1N1CCN(c2ccc(SCC(=O)Nc3cc(F)ccc3F)nn2)CC1. The summed E-state index contributed by atoms with van der Waals surface area (Å²) in [6, 6.07) is 14.6. The molecule has 1 amide bonds. The predicted molar refractivity (Wildman–Crippen MR) is 125 cm³/mol. The van der Waals surface area contributed by atoms with Gasteiger partial charge in [0, 0.05) is 32.2 Å². The number of nitrogens with zero attached hydrogens (tertiary/aromatic N) is 4. The molecule has 0 unspecified atom stereocenters. The fourth-order valence-corrected chi connectivity index (χ4v) is 4.16. The summed E-state index contributed by atoms with van der Waals surface area (Å²) in [4.78, 5) is 16.5. The molecule has 0 saturated carbocycles. The molecule has 0 spiro atoms. The third-order valence-electron chi connectivity index (χ3n) is 5.21. The third kappa shape index (κ3) is 5.70. The molecule has 7 nitrogen and oxygen atoms in total. The number of carbonyl (C=O) groups is 1. The van der Waals surface area contributed by atoms with Gasteiger partial charge < -0.3 is 19.9 Å². The summed E-state index contributed by atoms with van der Waals surface area (Å²) in [7, 11) is 1.67. The van der Waals surface area contributed by atoms with E-state index in [0.29, 0.717) is 5.03 Å². The van der Waals surface area contributed by atoms with Gasteiger partial charge in [0.1, 0.15) is 22.4 Å². The van der Waals surface area contributed by atoms with Crippen molar-refractivity contribution in [3.8, 4) is 5.75 Å². The number of rotatable bonds is 7. The van der Waals surface area contributed by atoms with Gasteiger partial charge in [-0.3, -0.25) is 4.79 Å². The number of anilines is 3. The number of methoxy groups -OCH3 is 1. The van der Waals surface area contributed by atoms with Crippen LogP contribution in [-0.2, 0) is 4.79 Å². The maximum Gasteiger partial charge on any atom is 0.234 e. The van der Waals surface area contributed by atoms with Crippen molar-refractivity contribution in [1.82, 2.24) is 10.2 Å². The van der Waals surface area contributed by atoms with Crippen LogP contribution in [0, 0.1) is 11.6 Å². The molecule has 4 rings (SSSR count). The number of thioether (sulfide) groups is 1. The highest BCUT2D eigenvalue weighted by Gasteiger charge is 2.20. The summed E-state index contributed by atoms with van der Waals surface area (Å²) in [5.41, 5.74) is 0.892. The molecule has 1 aromatic heterocycles. The lowest BCUT2D eigenvalue weighted by molar-refractivity contribution is -0.113. The maximum atomic E-state index is 13.6. The molecular formula is C23H23F2N5O2S. The first-order valence-electron chi connectivity index (χ1n) is 10.4. The number of ether oxygens (including phenoxy) is 1. The van der Waals surface area contributed by atoms with Crippen molar-refractivity contribution in [2.75, 3.05) is 54.2 Å². The van der Waals surface area contributed by atoms with E-state index in [0.717, 1.165) is 61.6 Å². The number of nitrogens with one attached hydrogen (secondary N) is 1. The molecule has 1 fully saturated rings. The van der Waals surface area contributed by atoms with Gasteiger partial charge in [-0.1, -0.05) is 23.9 Å². The fraction of sp³-hybridized carbons (Fsp3) is 0.261. The van der Waals surface area contributed by atoms with Crippen LogP contribution in [0.4, 0.5) is 26.0 Å². The number of para-hydroxylation sites is 2. The minimum absolute atomic E-state index is 0.00155. The number of benzene rings is 2. The van der Waals surface area contributed by atoms with Crippen molar-refractivity contribution >= 4 is 34.9 Å². The summed E-state index contributed by atoms with van der Waals surface area (Å²) in [5, 5.41) is 11.4. The fourth-order valence-electron chi connectivity index (χ4n) is 3.55. The van der Waals surface area contributed by atoms with E-state index in [2.05, 4.69) is 31.4 Å². The van der Waals surface area contributed by atoms with Crippen LogP contribution in [0.5, 0.6) is 5.75 Å². The summed E-state index contributed by atoms with van der Waals surface area (Å²) in [5.74, 6) is -0.139. The lowest BCUT2D eigenvalue weighted by Gasteiger charge is -2.37. The Morgan fingerprint density at radius 2 is 1.79 bits per heavy atom. The van der Waals surface area contributed by atoms with Gasteiger partial charge in [0.25, 0.3) is 0 Å². The van der Waals surface area contributed by atoms with E-state index in [4.69, 9.17) is 4.74 Å². The molecule has 0 atom stereocenters. The van der Waals surface area contributed by atoms with Gasteiger partial charge in [0.05, 0.1) is 24.2 Å². The molecule has 2 aromatic carbocycles. The number of aromatic nitrogens is 2. The number of piperazine rings is 1. The molecule has 10 heteroatoms. The maximum absolute atomic E-state index is 13.6. The Bertz CT molecular complexity index is 1110. The molecule has 1 saturated heterocycles. The lowest BCUT2D eigenvalue weighted by Crippen LogP contribution is -2.47. The van der Waals surface area contributed by atoms with Crippen LogP contribution >= 0.6 is 11.8 Å². The predicted octanol–water partition coefficient (Wildman–Crippen LogP) is 3.82. The standard InChI is InChI=1S/C23H23F2N5O2S/c1-32-20-5-3-2-4-19(20)29-10-12-30(13-11-29)21-8-9-23(28-27-21)33-15-22(31)26-18-14-16(24)6-7-17(18)25/h2-9,14H,10-13,15H2,1H3,(H,26,31). The second-order valence-electron chi connectivity index (χ2n) is 7.34. The van der Waals surface area contributed by atoms with Gasteiger partial charge in [-0.15, -0.1) is 10.2 Å². The van der Waals surface area contributed by atoms with Crippen molar-refractivity contribution in [3.63, 3.8) is 0 Å². The quantitative estimate of drug-likeness (QED) is 0.526.